The standard InChI is InChI=1S/C26H18Cl2FNO3/c1-13-9-14(2)24-18(10-13)23(31)21-22(16-5-8-19(27)20(28)11-16)30(26(32)25(21)33-24)12-15-3-6-17(29)7-4-15/h3-11,22H,12H2,1-2H3. The second kappa shape index (κ2) is 8.01. The van der Waals surface area contributed by atoms with Gasteiger partial charge in [0, 0.05) is 6.54 Å². The molecule has 0 saturated heterocycles. The molecule has 0 radical (unpaired) electrons. The molecule has 0 aliphatic carbocycles. The lowest BCUT2D eigenvalue weighted by Crippen LogP contribution is -2.29. The SMILES string of the molecule is Cc1cc(C)c2oc3c(c(=O)c2c1)C(c1ccc(Cl)c(Cl)c1)N(Cc1ccc(F)cc1)C3=O. The maximum absolute atomic E-state index is 13.7. The molecule has 5 rings (SSSR count). The Hall–Kier alpha value is -3.15. The smallest absolute Gasteiger partial charge is 0.291 e. The van der Waals surface area contributed by atoms with E-state index in [1.807, 2.05) is 19.9 Å². The first-order valence-electron chi connectivity index (χ1n) is 10.3. The molecule has 0 saturated carbocycles. The van der Waals surface area contributed by atoms with Crippen LogP contribution in [0.2, 0.25) is 10.0 Å². The van der Waals surface area contributed by atoms with Gasteiger partial charge in [0.2, 0.25) is 5.76 Å². The van der Waals surface area contributed by atoms with Crippen LogP contribution in [0.5, 0.6) is 0 Å². The number of carbonyl (C=O) groups excluding carboxylic acids is 1. The van der Waals surface area contributed by atoms with E-state index in [2.05, 4.69) is 0 Å². The number of benzene rings is 3. The van der Waals surface area contributed by atoms with Gasteiger partial charge in [-0.3, -0.25) is 9.59 Å². The van der Waals surface area contributed by atoms with Gasteiger partial charge < -0.3 is 9.32 Å². The van der Waals surface area contributed by atoms with Crippen LogP contribution in [-0.4, -0.2) is 10.8 Å². The predicted molar refractivity (Wildman–Crippen MR) is 127 cm³/mol. The molecule has 4 nitrogen and oxygen atoms in total. The topological polar surface area (TPSA) is 50.5 Å². The minimum absolute atomic E-state index is 0.0117. The third-order valence-electron chi connectivity index (χ3n) is 5.92. The number of hydrogen-bond acceptors (Lipinski definition) is 3. The summed E-state index contributed by atoms with van der Waals surface area (Å²) >= 11 is 12.4. The first-order valence-corrected chi connectivity index (χ1v) is 11.1. The molecule has 3 aromatic carbocycles. The fourth-order valence-electron chi connectivity index (χ4n) is 4.45. The van der Waals surface area contributed by atoms with E-state index < -0.39 is 11.9 Å². The van der Waals surface area contributed by atoms with Gasteiger partial charge >= 0.3 is 0 Å². The molecular formula is C26H18Cl2FNO3. The van der Waals surface area contributed by atoms with E-state index in [-0.39, 0.29) is 29.1 Å². The van der Waals surface area contributed by atoms with Gasteiger partial charge in [-0.25, -0.2) is 4.39 Å². The zero-order chi connectivity index (χ0) is 23.4. The molecule has 0 N–H and O–H groups in total. The minimum atomic E-state index is -0.728. The molecule has 0 spiro atoms. The number of carbonyl (C=O) groups is 1. The summed E-state index contributed by atoms with van der Waals surface area (Å²) in [5.41, 5.74) is 3.45. The highest BCUT2D eigenvalue weighted by Crippen LogP contribution is 2.41. The van der Waals surface area contributed by atoms with Gasteiger partial charge in [-0.05, 0) is 66.4 Å². The molecule has 1 aliphatic rings. The number of aryl methyl sites for hydroxylation is 2. The van der Waals surface area contributed by atoms with Crippen molar-refractivity contribution in [2.45, 2.75) is 26.4 Å². The minimum Gasteiger partial charge on any atom is -0.450 e. The summed E-state index contributed by atoms with van der Waals surface area (Å²) in [5, 5.41) is 1.10. The Bertz CT molecular complexity index is 1490. The first kappa shape index (κ1) is 21.7. The van der Waals surface area contributed by atoms with Gasteiger partial charge in [0.1, 0.15) is 11.4 Å². The number of halogens is 3. The Balaban J connectivity index is 1.75. The van der Waals surface area contributed by atoms with Crippen LogP contribution in [0.3, 0.4) is 0 Å². The highest BCUT2D eigenvalue weighted by molar-refractivity contribution is 6.42. The lowest BCUT2D eigenvalue weighted by atomic mass is 9.97. The molecule has 0 fully saturated rings. The molecule has 7 heteroatoms. The molecule has 1 atom stereocenters. The second-order valence-electron chi connectivity index (χ2n) is 8.27. The van der Waals surface area contributed by atoms with Gasteiger partial charge in [0.05, 0.1) is 27.0 Å². The highest BCUT2D eigenvalue weighted by Gasteiger charge is 2.43. The Morgan fingerprint density at radius 2 is 1.70 bits per heavy atom. The fourth-order valence-corrected chi connectivity index (χ4v) is 4.76. The van der Waals surface area contributed by atoms with E-state index >= 15 is 0 Å². The molecule has 1 amide bonds. The average molecular weight is 482 g/mol. The third kappa shape index (κ3) is 3.62. The number of rotatable bonds is 3. The maximum atomic E-state index is 13.7. The average Bonchev–Trinajstić information content (AvgIpc) is 3.05. The Morgan fingerprint density at radius 1 is 0.970 bits per heavy atom. The monoisotopic (exact) mass is 481 g/mol. The van der Waals surface area contributed by atoms with Crippen molar-refractivity contribution in [3.8, 4) is 0 Å². The lowest BCUT2D eigenvalue weighted by Gasteiger charge is -2.25. The summed E-state index contributed by atoms with van der Waals surface area (Å²) in [7, 11) is 0. The molecule has 166 valence electrons. The van der Waals surface area contributed by atoms with Gasteiger partial charge in [0.25, 0.3) is 5.91 Å². The van der Waals surface area contributed by atoms with Crippen molar-refractivity contribution < 1.29 is 13.6 Å². The molecule has 2 heterocycles. The summed E-state index contributed by atoms with van der Waals surface area (Å²) in [5.74, 6) is -0.772. The van der Waals surface area contributed by atoms with Crippen molar-refractivity contribution in [1.29, 1.82) is 0 Å². The summed E-state index contributed by atoms with van der Waals surface area (Å²) in [6.45, 7) is 3.90. The molecule has 1 unspecified atom stereocenters. The highest BCUT2D eigenvalue weighted by atomic mass is 35.5. The first-order chi connectivity index (χ1) is 15.7. The maximum Gasteiger partial charge on any atom is 0.291 e. The van der Waals surface area contributed by atoms with Gasteiger partial charge in [0.15, 0.2) is 5.43 Å². The van der Waals surface area contributed by atoms with Gasteiger partial charge in [-0.15, -0.1) is 0 Å². The summed E-state index contributed by atoms with van der Waals surface area (Å²) in [6, 6.07) is 13.9. The summed E-state index contributed by atoms with van der Waals surface area (Å²) in [4.78, 5) is 28.8. The molecule has 4 aromatic rings. The Labute approximate surface area is 199 Å². The van der Waals surface area contributed by atoms with Crippen molar-refractivity contribution in [3.63, 3.8) is 0 Å². The largest absolute Gasteiger partial charge is 0.450 e. The van der Waals surface area contributed by atoms with E-state index in [0.29, 0.717) is 32.1 Å². The van der Waals surface area contributed by atoms with Crippen LogP contribution in [0.25, 0.3) is 11.0 Å². The van der Waals surface area contributed by atoms with Crippen molar-refractivity contribution in [2.24, 2.45) is 0 Å². The number of amides is 1. The second-order valence-corrected chi connectivity index (χ2v) is 9.08. The van der Waals surface area contributed by atoms with Crippen molar-refractivity contribution in [3.05, 3.63) is 114 Å². The van der Waals surface area contributed by atoms with Crippen LogP contribution >= 0.6 is 23.2 Å². The molecule has 1 aliphatic heterocycles. The fraction of sp³-hybridized carbons (Fsp3) is 0.154. The quantitative estimate of drug-likeness (QED) is 0.331. The van der Waals surface area contributed by atoms with Crippen LogP contribution in [0.4, 0.5) is 4.39 Å². The zero-order valence-corrected chi connectivity index (χ0v) is 19.3. The zero-order valence-electron chi connectivity index (χ0n) is 17.8. The molecule has 33 heavy (non-hydrogen) atoms. The summed E-state index contributed by atoms with van der Waals surface area (Å²) < 4.78 is 19.5. The molecule has 1 aromatic heterocycles. The van der Waals surface area contributed by atoms with Crippen molar-refractivity contribution in [2.75, 3.05) is 0 Å². The van der Waals surface area contributed by atoms with E-state index in [4.69, 9.17) is 27.6 Å². The lowest BCUT2D eigenvalue weighted by molar-refractivity contribution is 0.0714. The van der Waals surface area contributed by atoms with E-state index in [1.54, 1.807) is 41.3 Å². The summed E-state index contributed by atoms with van der Waals surface area (Å²) in [6.07, 6.45) is 0. The predicted octanol–water partition coefficient (Wildman–Crippen LogP) is 6.60. The van der Waals surface area contributed by atoms with E-state index in [9.17, 15) is 14.0 Å². The van der Waals surface area contributed by atoms with E-state index in [1.165, 1.54) is 12.1 Å². The van der Waals surface area contributed by atoms with Gasteiger partial charge in [-0.2, -0.15) is 0 Å². The Morgan fingerprint density at radius 3 is 2.39 bits per heavy atom. The van der Waals surface area contributed by atoms with Gasteiger partial charge in [-0.1, -0.05) is 47.5 Å². The number of hydrogen-bond donors (Lipinski definition) is 0. The van der Waals surface area contributed by atoms with Crippen LogP contribution < -0.4 is 5.43 Å². The van der Waals surface area contributed by atoms with Crippen molar-refractivity contribution in [1.82, 2.24) is 4.90 Å². The van der Waals surface area contributed by atoms with Crippen LogP contribution in [0.15, 0.2) is 63.8 Å². The number of fused-ring (bicyclic) bond motifs is 2. The molecule has 0 bridgehead atoms. The number of nitrogens with zero attached hydrogens (tertiary/aromatic N) is 1. The van der Waals surface area contributed by atoms with Crippen LogP contribution in [0.1, 0.15) is 44.4 Å². The third-order valence-corrected chi connectivity index (χ3v) is 6.66. The van der Waals surface area contributed by atoms with Crippen molar-refractivity contribution >= 4 is 40.1 Å². The molecular weight excluding hydrogens is 464 g/mol. The Kier molecular flexibility index (Phi) is 5.26. The van der Waals surface area contributed by atoms with E-state index in [0.717, 1.165) is 11.1 Å². The normalized spacial score (nSPS) is 15.4. The van der Waals surface area contributed by atoms with Crippen LogP contribution in [0, 0.1) is 19.7 Å². The van der Waals surface area contributed by atoms with Crippen LogP contribution in [-0.2, 0) is 6.54 Å².